The molecule has 274 valence electrons. The van der Waals surface area contributed by atoms with Crippen molar-refractivity contribution in [3.8, 4) is 45.6 Å². The minimum Gasteiger partial charge on any atom is -0.507 e. The van der Waals surface area contributed by atoms with E-state index in [1.165, 1.54) is 0 Å². The van der Waals surface area contributed by atoms with Gasteiger partial charge in [0, 0.05) is 45.8 Å². The Bertz CT molecular complexity index is 2200. The maximum atomic E-state index is 13.5. The van der Waals surface area contributed by atoms with Gasteiger partial charge in [0.05, 0.1) is 11.1 Å². The minimum absolute atomic E-state index is 0. The molecule has 0 aliphatic carbocycles. The lowest BCUT2D eigenvalue weighted by molar-refractivity contribution is 0.0941. The number of phenolic OH excluding ortho intramolecular Hbond substituents is 6. The Hall–Kier alpha value is -6.07. The summed E-state index contributed by atoms with van der Waals surface area (Å²) in [5.74, 6) is -4.73. The van der Waals surface area contributed by atoms with Crippen LogP contribution in [0.2, 0.25) is 0 Å². The highest BCUT2D eigenvalue weighted by molar-refractivity contribution is 7.59. The number of amides is 2. The molecule has 0 spiro atoms. The second kappa shape index (κ2) is 15.3. The fourth-order valence-corrected chi connectivity index (χ4v) is 6.82. The summed E-state index contributed by atoms with van der Waals surface area (Å²) in [5.41, 5.74) is 2.71. The molecular weight excluding hydrogens is 693 g/mol. The summed E-state index contributed by atoms with van der Waals surface area (Å²) >= 11 is 0. The van der Waals surface area contributed by atoms with Crippen LogP contribution in [-0.4, -0.2) is 55.5 Å². The van der Waals surface area contributed by atoms with E-state index in [0.717, 1.165) is 23.3 Å². The number of carbonyl (C=O) groups is 2. The first kappa shape index (κ1) is 38.2. The van der Waals surface area contributed by atoms with Crippen molar-refractivity contribution in [3.05, 3.63) is 118 Å². The van der Waals surface area contributed by atoms with Crippen LogP contribution in [0.4, 0.5) is 0 Å². The second-order valence-corrected chi connectivity index (χ2v) is 13.3. The van der Waals surface area contributed by atoms with Gasteiger partial charge in [0.2, 0.25) is 0 Å². The molecule has 2 unspecified atom stereocenters. The summed E-state index contributed by atoms with van der Waals surface area (Å²) in [6, 6.07) is 24.6. The summed E-state index contributed by atoms with van der Waals surface area (Å²) < 4.78 is 0. The van der Waals surface area contributed by atoms with E-state index in [0.29, 0.717) is 11.1 Å². The first-order valence-electron chi connectivity index (χ1n) is 16.9. The standard InChI is InChI=1S/C42H40N2O8.H2S/c1-21-15-27-29(17-31(45)39(49)35(27)41(51)43-19-23(3)25-11-7-5-8-12-25)37(47)33(21)34-22(2)16-28-30(38(34)48)18-32(46)40(50)36(28)42(52)44-20-24(4)26-13-9-6-10-14-26;/h5-18,23-24,45-50H,19-20H2,1-4H3,(H,43,51)(H,44,52);1H2. The zero-order chi connectivity index (χ0) is 37.4. The van der Waals surface area contributed by atoms with Crippen LogP contribution >= 0.6 is 13.5 Å². The van der Waals surface area contributed by atoms with Gasteiger partial charge in [0.25, 0.3) is 11.8 Å². The fourth-order valence-electron chi connectivity index (χ4n) is 6.82. The van der Waals surface area contributed by atoms with Crippen molar-refractivity contribution in [1.82, 2.24) is 10.6 Å². The Morgan fingerprint density at radius 1 is 0.528 bits per heavy atom. The van der Waals surface area contributed by atoms with Crippen molar-refractivity contribution in [2.45, 2.75) is 39.5 Å². The molecule has 0 radical (unpaired) electrons. The molecular formula is C42H42N2O8S. The predicted octanol–water partition coefficient (Wildman–Crippen LogP) is 7.69. The zero-order valence-electron chi connectivity index (χ0n) is 29.7. The summed E-state index contributed by atoms with van der Waals surface area (Å²) in [6.07, 6.45) is 0. The van der Waals surface area contributed by atoms with Crippen LogP contribution in [0.3, 0.4) is 0 Å². The van der Waals surface area contributed by atoms with Crippen LogP contribution < -0.4 is 10.6 Å². The van der Waals surface area contributed by atoms with E-state index in [1.54, 1.807) is 26.0 Å². The second-order valence-electron chi connectivity index (χ2n) is 13.3. The van der Waals surface area contributed by atoms with E-state index < -0.39 is 34.8 Å². The number of hydrogen-bond acceptors (Lipinski definition) is 8. The third-order valence-electron chi connectivity index (χ3n) is 9.71. The molecule has 0 fully saturated rings. The number of hydrogen-bond donors (Lipinski definition) is 8. The summed E-state index contributed by atoms with van der Waals surface area (Å²) in [6.45, 7) is 7.67. The van der Waals surface area contributed by atoms with Gasteiger partial charge in [-0.3, -0.25) is 9.59 Å². The maximum absolute atomic E-state index is 13.5. The van der Waals surface area contributed by atoms with Gasteiger partial charge in [0.1, 0.15) is 11.5 Å². The molecule has 0 aliphatic heterocycles. The smallest absolute Gasteiger partial charge is 0.255 e. The molecule has 2 amide bonds. The van der Waals surface area contributed by atoms with Crippen molar-refractivity contribution in [3.63, 3.8) is 0 Å². The molecule has 6 aromatic carbocycles. The number of aromatic hydroxyl groups is 6. The van der Waals surface area contributed by atoms with Gasteiger partial charge in [0.15, 0.2) is 23.0 Å². The van der Waals surface area contributed by atoms with Gasteiger partial charge in [-0.15, -0.1) is 0 Å². The topological polar surface area (TPSA) is 180 Å². The first-order chi connectivity index (χ1) is 24.8. The Labute approximate surface area is 313 Å². The highest BCUT2D eigenvalue weighted by atomic mass is 32.1. The average Bonchev–Trinajstić information content (AvgIpc) is 3.13. The van der Waals surface area contributed by atoms with E-state index in [2.05, 4.69) is 10.6 Å². The third kappa shape index (κ3) is 7.07. The van der Waals surface area contributed by atoms with Crippen LogP contribution in [0.25, 0.3) is 32.7 Å². The van der Waals surface area contributed by atoms with Gasteiger partial charge >= 0.3 is 0 Å². The summed E-state index contributed by atoms with van der Waals surface area (Å²) in [5, 5.41) is 72.7. The van der Waals surface area contributed by atoms with Crippen LogP contribution in [0, 0.1) is 13.8 Å². The Morgan fingerprint density at radius 2 is 0.868 bits per heavy atom. The molecule has 53 heavy (non-hydrogen) atoms. The van der Waals surface area contributed by atoms with Gasteiger partial charge in [-0.05, 0) is 72.2 Å². The van der Waals surface area contributed by atoms with Crippen molar-refractivity contribution in [2.24, 2.45) is 0 Å². The Kier molecular flexibility index (Phi) is 11.0. The highest BCUT2D eigenvalue weighted by Gasteiger charge is 2.28. The lowest BCUT2D eigenvalue weighted by Crippen LogP contribution is -2.27. The number of carbonyl (C=O) groups excluding carboxylic acids is 2. The number of aryl methyl sites for hydroxylation is 2. The van der Waals surface area contributed by atoms with E-state index in [1.807, 2.05) is 74.5 Å². The van der Waals surface area contributed by atoms with Gasteiger partial charge < -0.3 is 41.3 Å². The predicted molar refractivity (Wildman–Crippen MR) is 211 cm³/mol. The monoisotopic (exact) mass is 734 g/mol. The molecule has 0 heterocycles. The average molecular weight is 735 g/mol. The van der Waals surface area contributed by atoms with Crippen molar-refractivity contribution in [1.29, 1.82) is 0 Å². The lowest BCUT2D eigenvalue weighted by Gasteiger charge is -2.21. The van der Waals surface area contributed by atoms with Gasteiger partial charge in [-0.25, -0.2) is 0 Å². The number of phenols is 6. The Balaban J connectivity index is 0.00000541. The molecule has 10 nitrogen and oxygen atoms in total. The van der Waals surface area contributed by atoms with E-state index >= 15 is 0 Å². The Morgan fingerprint density at radius 3 is 1.21 bits per heavy atom. The van der Waals surface area contributed by atoms with Gasteiger partial charge in [-0.1, -0.05) is 74.5 Å². The van der Waals surface area contributed by atoms with Crippen LogP contribution in [-0.2, 0) is 0 Å². The number of fused-ring (bicyclic) bond motifs is 2. The summed E-state index contributed by atoms with van der Waals surface area (Å²) in [7, 11) is 0. The number of benzene rings is 6. The lowest BCUT2D eigenvalue weighted by atomic mass is 9.87. The fraction of sp³-hybridized carbons (Fsp3) is 0.190. The van der Waals surface area contributed by atoms with Crippen molar-refractivity contribution >= 4 is 46.9 Å². The van der Waals surface area contributed by atoms with E-state index in [-0.39, 0.29) is 93.7 Å². The van der Waals surface area contributed by atoms with Crippen LogP contribution in [0.1, 0.15) is 68.7 Å². The molecule has 6 aromatic rings. The SMILES string of the molecule is Cc1cc2c(C(=O)NCC(C)c3ccccc3)c(O)c(O)cc2c(O)c1-c1c(C)cc2c(C(=O)NCC(C)c3ccccc3)c(O)c(O)cc2c1O.S. The molecule has 11 heteroatoms. The molecule has 0 saturated heterocycles. The molecule has 8 N–H and O–H groups in total. The van der Waals surface area contributed by atoms with Gasteiger partial charge in [-0.2, -0.15) is 13.5 Å². The van der Waals surface area contributed by atoms with Crippen molar-refractivity contribution in [2.75, 3.05) is 13.1 Å². The molecule has 6 rings (SSSR count). The number of rotatable bonds is 9. The molecule has 2 atom stereocenters. The maximum Gasteiger partial charge on any atom is 0.255 e. The minimum atomic E-state index is -0.656. The van der Waals surface area contributed by atoms with E-state index in [4.69, 9.17) is 0 Å². The first-order valence-corrected chi connectivity index (χ1v) is 16.9. The normalized spacial score (nSPS) is 12.2. The van der Waals surface area contributed by atoms with Crippen LogP contribution in [0.5, 0.6) is 34.5 Å². The largest absolute Gasteiger partial charge is 0.507 e. The van der Waals surface area contributed by atoms with E-state index in [9.17, 15) is 40.2 Å². The van der Waals surface area contributed by atoms with Crippen molar-refractivity contribution < 1.29 is 40.2 Å². The molecule has 0 aromatic heterocycles. The molecule has 0 saturated carbocycles. The van der Waals surface area contributed by atoms with Crippen LogP contribution in [0.15, 0.2) is 84.9 Å². The zero-order valence-corrected chi connectivity index (χ0v) is 30.7. The molecule has 0 aliphatic rings. The third-order valence-corrected chi connectivity index (χ3v) is 9.71. The quantitative estimate of drug-likeness (QED) is 0.0697. The molecule has 0 bridgehead atoms. The summed E-state index contributed by atoms with van der Waals surface area (Å²) in [4.78, 5) is 27.0. The highest BCUT2D eigenvalue weighted by Crippen LogP contribution is 2.51. The number of nitrogens with one attached hydrogen (secondary N) is 2.